The van der Waals surface area contributed by atoms with Crippen LogP contribution in [0.2, 0.25) is 0 Å². The summed E-state index contributed by atoms with van der Waals surface area (Å²) >= 11 is 0. The number of aromatic nitrogens is 1. The Morgan fingerprint density at radius 2 is 2.00 bits per heavy atom. The topological polar surface area (TPSA) is 24.9 Å². The zero-order chi connectivity index (χ0) is 15.2. The van der Waals surface area contributed by atoms with Crippen molar-refractivity contribution in [1.82, 2.24) is 10.3 Å². The van der Waals surface area contributed by atoms with Gasteiger partial charge in [-0.2, -0.15) is 0 Å². The Kier molecular flexibility index (Phi) is 5.44. The number of rotatable bonds is 6. The van der Waals surface area contributed by atoms with Crippen molar-refractivity contribution in [2.24, 2.45) is 5.92 Å². The lowest BCUT2D eigenvalue weighted by molar-refractivity contribution is 0.317. The van der Waals surface area contributed by atoms with E-state index in [4.69, 9.17) is 0 Å². The number of hydrogen-bond donors (Lipinski definition) is 1. The molecule has 1 N–H and O–H groups in total. The molecule has 1 aliphatic carbocycles. The summed E-state index contributed by atoms with van der Waals surface area (Å²) in [6.07, 6.45) is 13.8. The molecule has 0 saturated heterocycles. The Labute approximate surface area is 134 Å². The van der Waals surface area contributed by atoms with E-state index in [2.05, 4.69) is 41.5 Å². The van der Waals surface area contributed by atoms with Crippen molar-refractivity contribution in [3.05, 3.63) is 42.2 Å². The predicted molar refractivity (Wildman–Crippen MR) is 93.9 cm³/mol. The van der Waals surface area contributed by atoms with Crippen molar-refractivity contribution in [1.29, 1.82) is 0 Å². The fraction of sp³-hybridized carbons (Fsp3) is 0.550. The minimum Gasteiger partial charge on any atom is -0.310 e. The maximum atomic E-state index is 4.17. The lowest BCUT2D eigenvalue weighted by Crippen LogP contribution is -2.26. The van der Waals surface area contributed by atoms with Crippen LogP contribution in [0, 0.1) is 5.92 Å². The van der Waals surface area contributed by atoms with Gasteiger partial charge in [0, 0.05) is 30.4 Å². The largest absolute Gasteiger partial charge is 0.310 e. The number of pyridine rings is 1. The van der Waals surface area contributed by atoms with E-state index in [9.17, 15) is 0 Å². The van der Waals surface area contributed by atoms with E-state index in [0.717, 1.165) is 12.5 Å². The average molecular weight is 296 g/mol. The molecule has 3 rings (SSSR count). The molecule has 1 atom stereocenters. The summed E-state index contributed by atoms with van der Waals surface area (Å²) in [6, 6.07) is 9.36. The van der Waals surface area contributed by atoms with E-state index in [0.29, 0.717) is 6.04 Å². The maximum absolute atomic E-state index is 4.17. The Morgan fingerprint density at radius 3 is 2.86 bits per heavy atom. The first-order chi connectivity index (χ1) is 10.8. The van der Waals surface area contributed by atoms with Crippen molar-refractivity contribution in [2.45, 2.75) is 64.5 Å². The number of hydrogen-bond acceptors (Lipinski definition) is 2. The van der Waals surface area contributed by atoms with Crippen LogP contribution in [0.1, 0.15) is 57.4 Å². The number of nitrogens with zero attached hydrogens (tertiary/aromatic N) is 1. The monoisotopic (exact) mass is 296 g/mol. The smallest absolute Gasteiger partial charge is 0.0346 e. The summed E-state index contributed by atoms with van der Waals surface area (Å²) in [7, 11) is 0. The van der Waals surface area contributed by atoms with E-state index >= 15 is 0 Å². The number of benzene rings is 1. The summed E-state index contributed by atoms with van der Waals surface area (Å²) in [5, 5.41) is 6.19. The number of fused-ring (bicyclic) bond motifs is 1. The Hall–Kier alpha value is -1.41. The molecule has 22 heavy (non-hydrogen) atoms. The van der Waals surface area contributed by atoms with Gasteiger partial charge in [-0.25, -0.2) is 0 Å². The van der Waals surface area contributed by atoms with Gasteiger partial charge in [-0.15, -0.1) is 0 Å². The summed E-state index contributed by atoms with van der Waals surface area (Å²) < 4.78 is 0. The quantitative estimate of drug-likeness (QED) is 0.804. The Bertz CT molecular complexity index is 587. The van der Waals surface area contributed by atoms with E-state index < -0.39 is 0 Å². The summed E-state index contributed by atoms with van der Waals surface area (Å²) in [6.45, 7) is 3.29. The van der Waals surface area contributed by atoms with Crippen LogP contribution in [0.3, 0.4) is 0 Å². The van der Waals surface area contributed by atoms with Gasteiger partial charge in [0.15, 0.2) is 0 Å². The molecule has 1 aromatic carbocycles. The Balaban J connectivity index is 1.46. The first-order valence-corrected chi connectivity index (χ1v) is 8.87. The Morgan fingerprint density at radius 1 is 1.14 bits per heavy atom. The van der Waals surface area contributed by atoms with Crippen LogP contribution in [0.4, 0.5) is 0 Å². The lowest BCUT2D eigenvalue weighted by Gasteiger charge is -2.23. The van der Waals surface area contributed by atoms with Crippen LogP contribution in [-0.2, 0) is 6.54 Å². The highest BCUT2D eigenvalue weighted by Crippen LogP contribution is 2.27. The summed E-state index contributed by atoms with van der Waals surface area (Å²) in [5.41, 5.74) is 1.36. The first kappa shape index (κ1) is 15.5. The fourth-order valence-corrected chi connectivity index (χ4v) is 3.60. The molecule has 2 nitrogen and oxygen atoms in total. The van der Waals surface area contributed by atoms with Gasteiger partial charge in [0.25, 0.3) is 0 Å². The molecular formula is C20H28N2. The van der Waals surface area contributed by atoms with Gasteiger partial charge in [0.05, 0.1) is 0 Å². The van der Waals surface area contributed by atoms with Crippen LogP contribution in [-0.4, -0.2) is 11.0 Å². The van der Waals surface area contributed by atoms with Crippen LogP contribution in [0.25, 0.3) is 10.8 Å². The minimum absolute atomic E-state index is 0.607. The van der Waals surface area contributed by atoms with Crippen molar-refractivity contribution in [3.8, 4) is 0 Å². The second kappa shape index (κ2) is 7.73. The van der Waals surface area contributed by atoms with Gasteiger partial charge >= 0.3 is 0 Å². The van der Waals surface area contributed by atoms with Crippen molar-refractivity contribution in [3.63, 3.8) is 0 Å². The third kappa shape index (κ3) is 4.30. The molecule has 2 aromatic rings. The molecule has 0 radical (unpaired) electrons. The molecule has 0 aliphatic heterocycles. The van der Waals surface area contributed by atoms with Crippen LogP contribution >= 0.6 is 0 Å². The van der Waals surface area contributed by atoms with E-state index in [1.165, 1.54) is 61.3 Å². The van der Waals surface area contributed by atoms with Gasteiger partial charge in [-0.1, -0.05) is 44.2 Å². The molecule has 0 amide bonds. The van der Waals surface area contributed by atoms with E-state index in [1.54, 1.807) is 0 Å². The molecule has 1 aliphatic rings. The molecule has 0 unspecified atom stereocenters. The van der Waals surface area contributed by atoms with Crippen LogP contribution < -0.4 is 5.32 Å². The molecular weight excluding hydrogens is 268 g/mol. The molecule has 0 bridgehead atoms. The summed E-state index contributed by atoms with van der Waals surface area (Å²) in [5.74, 6) is 0.992. The zero-order valence-corrected chi connectivity index (χ0v) is 13.7. The maximum Gasteiger partial charge on any atom is 0.0346 e. The normalized spacial score (nSPS) is 17.7. The zero-order valence-electron chi connectivity index (χ0n) is 13.7. The average Bonchev–Trinajstić information content (AvgIpc) is 2.59. The fourth-order valence-electron chi connectivity index (χ4n) is 3.60. The highest BCUT2D eigenvalue weighted by molar-refractivity contribution is 5.81. The molecule has 0 spiro atoms. The van der Waals surface area contributed by atoms with Gasteiger partial charge in [-0.3, -0.25) is 4.98 Å². The highest BCUT2D eigenvalue weighted by Gasteiger charge is 2.14. The lowest BCUT2D eigenvalue weighted by atomic mass is 9.85. The van der Waals surface area contributed by atoms with Gasteiger partial charge in [0.2, 0.25) is 0 Å². The standard InChI is InChI=1S/C20H28N2/c1-16(7-8-17-5-3-2-4-6-17)22-14-18-9-10-20-15-21-12-11-19(20)13-18/h9-13,15-17,22H,2-8,14H2,1H3/t16-/m1/s1. The van der Waals surface area contributed by atoms with Crippen LogP contribution in [0.15, 0.2) is 36.7 Å². The molecule has 1 aromatic heterocycles. The summed E-state index contributed by atoms with van der Waals surface area (Å²) in [4.78, 5) is 4.17. The third-order valence-electron chi connectivity index (χ3n) is 5.09. The molecule has 118 valence electrons. The van der Waals surface area contributed by atoms with Crippen molar-refractivity contribution in [2.75, 3.05) is 0 Å². The van der Waals surface area contributed by atoms with Gasteiger partial charge in [-0.05, 0) is 48.8 Å². The first-order valence-electron chi connectivity index (χ1n) is 8.87. The molecule has 1 fully saturated rings. The van der Waals surface area contributed by atoms with Crippen LogP contribution in [0.5, 0.6) is 0 Å². The number of nitrogens with one attached hydrogen (secondary N) is 1. The van der Waals surface area contributed by atoms with E-state index in [-0.39, 0.29) is 0 Å². The second-order valence-electron chi connectivity index (χ2n) is 6.92. The van der Waals surface area contributed by atoms with Gasteiger partial charge < -0.3 is 5.32 Å². The minimum atomic E-state index is 0.607. The second-order valence-corrected chi connectivity index (χ2v) is 6.92. The molecule has 2 heteroatoms. The van der Waals surface area contributed by atoms with E-state index in [1.807, 2.05) is 12.4 Å². The van der Waals surface area contributed by atoms with Crippen molar-refractivity contribution >= 4 is 10.8 Å². The highest BCUT2D eigenvalue weighted by atomic mass is 14.9. The molecule has 1 heterocycles. The molecule has 1 saturated carbocycles. The SMILES string of the molecule is C[C@H](CCC1CCCCC1)NCc1ccc2cnccc2c1. The third-order valence-corrected chi connectivity index (χ3v) is 5.09. The van der Waals surface area contributed by atoms with Gasteiger partial charge in [0.1, 0.15) is 0 Å². The predicted octanol–water partition coefficient (Wildman–Crippen LogP) is 5.07. The van der Waals surface area contributed by atoms with Crippen molar-refractivity contribution < 1.29 is 0 Å².